The Kier molecular flexibility index (Phi) is 7.73. The smallest absolute Gasteiger partial charge is 0.243 e. The van der Waals surface area contributed by atoms with Crippen LogP contribution in [0.1, 0.15) is 22.7 Å². The van der Waals surface area contributed by atoms with E-state index in [1.807, 2.05) is 61.5 Å². The maximum Gasteiger partial charge on any atom is 0.243 e. The van der Waals surface area contributed by atoms with Crippen molar-refractivity contribution in [2.75, 3.05) is 27.8 Å². The molecule has 174 valence electrons. The van der Waals surface area contributed by atoms with Crippen molar-refractivity contribution in [2.24, 2.45) is 0 Å². The minimum atomic E-state index is -3.93. The Morgan fingerprint density at radius 3 is 2.21 bits per heavy atom. The molecular formula is C25H28N2O5S. The number of benzene rings is 3. The van der Waals surface area contributed by atoms with Gasteiger partial charge in [-0.05, 0) is 35.7 Å². The highest BCUT2D eigenvalue weighted by atomic mass is 32.2. The summed E-state index contributed by atoms with van der Waals surface area (Å²) in [6.45, 7) is 1.64. The van der Waals surface area contributed by atoms with Crippen LogP contribution in [0.5, 0.6) is 11.5 Å². The zero-order valence-corrected chi connectivity index (χ0v) is 19.9. The van der Waals surface area contributed by atoms with Gasteiger partial charge in [-0.1, -0.05) is 54.6 Å². The third-order valence-corrected chi connectivity index (χ3v) is 7.17. The van der Waals surface area contributed by atoms with E-state index in [1.165, 1.54) is 39.5 Å². The van der Waals surface area contributed by atoms with Gasteiger partial charge in [0.25, 0.3) is 0 Å². The molecule has 0 aliphatic heterocycles. The lowest BCUT2D eigenvalue weighted by Crippen LogP contribution is -2.40. The summed E-state index contributed by atoms with van der Waals surface area (Å²) in [5.41, 5.74) is 2.88. The van der Waals surface area contributed by atoms with E-state index in [0.717, 1.165) is 21.0 Å². The molecule has 3 rings (SSSR count). The predicted octanol–water partition coefficient (Wildman–Crippen LogP) is 3.54. The molecule has 0 unspecified atom stereocenters. The number of aryl methyl sites for hydroxylation is 1. The molecule has 0 heterocycles. The molecule has 8 heteroatoms. The van der Waals surface area contributed by atoms with Gasteiger partial charge in [0.1, 0.15) is 0 Å². The molecule has 0 radical (unpaired) electrons. The number of nitrogens with one attached hydrogen (secondary N) is 1. The van der Waals surface area contributed by atoms with Crippen LogP contribution in [0.15, 0.2) is 77.7 Å². The predicted molar refractivity (Wildman–Crippen MR) is 127 cm³/mol. The molecule has 0 fully saturated rings. The summed E-state index contributed by atoms with van der Waals surface area (Å²) in [6, 6.07) is 21.3. The van der Waals surface area contributed by atoms with Gasteiger partial charge in [0, 0.05) is 13.1 Å². The Balaban J connectivity index is 1.82. The Morgan fingerprint density at radius 1 is 0.939 bits per heavy atom. The van der Waals surface area contributed by atoms with E-state index in [2.05, 4.69) is 5.32 Å². The first-order chi connectivity index (χ1) is 15.8. The Hall–Kier alpha value is -3.36. The molecule has 0 aliphatic rings. The van der Waals surface area contributed by atoms with Crippen LogP contribution < -0.4 is 14.8 Å². The maximum absolute atomic E-state index is 13.1. The lowest BCUT2D eigenvalue weighted by molar-refractivity contribution is -0.121. The molecular weight excluding hydrogens is 440 g/mol. The molecule has 0 saturated heterocycles. The number of ether oxygens (including phenoxy) is 2. The Labute approximate surface area is 195 Å². The number of methoxy groups -OCH3 is 2. The van der Waals surface area contributed by atoms with Crippen molar-refractivity contribution >= 4 is 15.9 Å². The fourth-order valence-corrected chi connectivity index (χ4v) is 4.69. The van der Waals surface area contributed by atoms with Gasteiger partial charge in [-0.25, -0.2) is 8.42 Å². The second kappa shape index (κ2) is 10.5. The molecule has 0 saturated carbocycles. The highest BCUT2D eigenvalue weighted by Gasteiger charge is 2.26. The molecule has 3 aromatic rings. The second-order valence-corrected chi connectivity index (χ2v) is 9.59. The molecule has 1 amide bonds. The van der Waals surface area contributed by atoms with Crippen LogP contribution in [0.2, 0.25) is 0 Å². The summed E-state index contributed by atoms with van der Waals surface area (Å²) in [5, 5.41) is 3.00. The quantitative estimate of drug-likeness (QED) is 0.519. The molecule has 0 bridgehead atoms. The van der Waals surface area contributed by atoms with Crippen LogP contribution in [-0.4, -0.2) is 46.4 Å². The third-order valence-electron chi connectivity index (χ3n) is 5.37. The fraction of sp³-hybridized carbons (Fsp3) is 0.240. The number of likely N-dealkylation sites (N-methyl/N-ethyl adjacent to an activating group) is 1. The number of nitrogens with zero attached hydrogens (tertiary/aromatic N) is 1. The Morgan fingerprint density at radius 2 is 1.58 bits per heavy atom. The number of hydrogen-bond acceptors (Lipinski definition) is 5. The zero-order valence-electron chi connectivity index (χ0n) is 19.1. The molecule has 7 nitrogen and oxygen atoms in total. The van der Waals surface area contributed by atoms with Gasteiger partial charge in [0.15, 0.2) is 11.5 Å². The lowest BCUT2D eigenvalue weighted by Gasteiger charge is -2.23. The van der Waals surface area contributed by atoms with E-state index in [9.17, 15) is 13.2 Å². The molecule has 1 N–H and O–H groups in total. The van der Waals surface area contributed by atoms with Gasteiger partial charge in [-0.15, -0.1) is 0 Å². The van der Waals surface area contributed by atoms with Crippen LogP contribution in [0.4, 0.5) is 0 Å². The van der Waals surface area contributed by atoms with Gasteiger partial charge < -0.3 is 14.8 Å². The second-order valence-electron chi connectivity index (χ2n) is 7.55. The van der Waals surface area contributed by atoms with Gasteiger partial charge in [0.05, 0.1) is 31.7 Å². The SMILES string of the molecule is COc1ccc(S(=O)(=O)N(C)CC(=O)N[C@@H](c2ccccc2)c2ccccc2C)cc1OC. The number of carbonyl (C=O) groups excluding carboxylic acids is 1. The average Bonchev–Trinajstić information content (AvgIpc) is 2.83. The largest absolute Gasteiger partial charge is 0.493 e. The molecule has 33 heavy (non-hydrogen) atoms. The summed E-state index contributed by atoms with van der Waals surface area (Å²) < 4.78 is 37.5. The topological polar surface area (TPSA) is 84.9 Å². The number of carbonyl (C=O) groups is 1. The summed E-state index contributed by atoms with van der Waals surface area (Å²) in [6.07, 6.45) is 0. The molecule has 3 aromatic carbocycles. The molecule has 0 aliphatic carbocycles. The molecule has 1 atom stereocenters. The highest BCUT2D eigenvalue weighted by Crippen LogP contribution is 2.30. The van der Waals surface area contributed by atoms with Crippen LogP contribution in [0.25, 0.3) is 0 Å². The summed E-state index contributed by atoms with van der Waals surface area (Å²) in [4.78, 5) is 13.0. The van der Waals surface area contributed by atoms with Crippen molar-refractivity contribution in [3.05, 3.63) is 89.5 Å². The lowest BCUT2D eigenvalue weighted by atomic mass is 9.95. The van der Waals surface area contributed by atoms with Crippen molar-refractivity contribution in [3.63, 3.8) is 0 Å². The Bertz CT molecular complexity index is 1210. The minimum absolute atomic E-state index is 0.00830. The van der Waals surface area contributed by atoms with Gasteiger partial charge in [0.2, 0.25) is 15.9 Å². The van der Waals surface area contributed by atoms with E-state index in [-0.39, 0.29) is 11.4 Å². The monoisotopic (exact) mass is 468 g/mol. The first-order valence-electron chi connectivity index (χ1n) is 10.4. The van der Waals surface area contributed by atoms with Crippen molar-refractivity contribution < 1.29 is 22.7 Å². The van der Waals surface area contributed by atoms with E-state index < -0.39 is 22.0 Å². The summed E-state index contributed by atoms with van der Waals surface area (Å²) in [7, 11) is 0.348. The number of hydrogen-bond donors (Lipinski definition) is 1. The highest BCUT2D eigenvalue weighted by molar-refractivity contribution is 7.89. The number of rotatable bonds is 9. The van der Waals surface area contributed by atoms with Crippen LogP contribution >= 0.6 is 0 Å². The van der Waals surface area contributed by atoms with Crippen molar-refractivity contribution in [2.45, 2.75) is 17.9 Å². The molecule has 0 aromatic heterocycles. The van der Waals surface area contributed by atoms with E-state index in [1.54, 1.807) is 0 Å². The van der Waals surface area contributed by atoms with E-state index >= 15 is 0 Å². The maximum atomic E-state index is 13.1. The van der Waals surface area contributed by atoms with Crippen LogP contribution in [0, 0.1) is 6.92 Å². The van der Waals surface area contributed by atoms with E-state index in [4.69, 9.17) is 9.47 Å². The van der Waals surface area contributed by atoms with Gasteiger partial charge in [-0.3, -0.25) is 4.79 Å². The van der Waals surface area contributed by atoms with Crippen molar-refractivity contribution in [1.29, 1.82) is 0 Å². The fourth-order valence-electron chi connectivity index (χ4n) is 3.55. The first-order valence-corrected chi connectivity index (χ1v) is 11.8. The normalized spacial score (nSPS) is 12.3. The molecule has 0 spiro atoms. The summed E-state index contributed by atoms with van der Waals surface area (Å²) in [5.74, 6) is 0.291. The zero-order chi connectivity index (χ0) is 24.0. The number of sulfonamides is 1. The van der Waals surface area contributed by atoms with Crippen molar-refractivity contribution in [3.8, 4) is 11.5 Å². The van der Waals surface area contributed by atoms with Crippen LogP contribution in [0.3, 0.4) is 0 Å². The van der Waals surface area contributed by atoms with Gasteiger partial charge >= 0.3 is 0 Å². The van der Waals surface area contributed by atoms with Gasteiger partial charge in [-0.2, -0.15) is 4.31 Å². The third kappa shape index (κ3) is 5.53. The van der Waals surface area contributed by atoms with E-state index in [0.29, 0.717) is 11.5 Å². The standard InChI is InChI=1S/C25H28N2O5S/c1-18-10-8-9-13-21(18)25(19-11-6-5-7-12-19)26-24(28)17-27(2)33(29,30)20-14-15-22(31-3)23(16-20)32-4/h5-16,25H,17H2,1-4H3,(H,26,28)/t25-/m0/s1. The average molecular weight is 469 g/mol. The minimum Gasteiger partial charge on any atom is -0.493 e. The van der Waals surface area contributed by atoms with Crippen LogP contribution in [-0.2, 0) is 14.8 Å². The number of amides is 1. The summed E-state index contributed by atoms with van der Waals surface area (Å²) >= 11 is 0. The first kappa shape index (κ1) is 24.3. The van der Waals surface area contributed by atoms with Crippen molar-refractivity contribution in [1.82, 2.24) is 9.62 Å².